The molecule has 2 rings (SSSR count). The van der Waals surface area contributed by atoms with Gasteiger partial charge in [-0.05, 0) is 30.1 Å². The van der Waals surface area contributed by atoms with Crippen LogP contribution in [0.1, 0.15) is 26.7 Å². The lowest BCUT2D eigenvalue weighted by Crippen LogP contribution is -2.29. The summed E-state index contributed by atoms with van der Waals surface area (Å²) < 4.78 is 0. The summed E-state index contributed by atoms with van der Waals surface area (Å²) >= 11 is 0. The Kier molecular flexibility index (Phi) is 1.26. The van der Waals surface area contributed by atoms with Crippen molar-refractivity contribution in [2.24, 2.45) is 23.0 Å². The van der Waals surface area contributed by atoms with Crippen molar-refractivity contribution >= 4 is 0 Å². The molecule has 2 aliphatic carbocycles. The largest absolute Gasteiger partial charge is 0.327 e. The SMILES string of the molecule is C=C1C2CCC(C2N)C1(C)C. The van der Waals surface area contributed by atoms with Crippen molar-refractivity contribution in [1.29, 1.82) is 0 Å². The van der Waals surface area contributed by atoms with E-state index in [1.54, 1.807) is 0 Å². The van der Waals surface area contributed by atoms with E-state index in [1.165, 1.54) is 18.4 Å². The van der Waals surface area contributed by atoms with E-state index in [0.717, 1.165) is 0 Å². The topological polar surface area (TPSA) is 26.0 Å². The van der Waals surface area contributed by atoms with Crippen molar-refractivity contribution in [3.8, 4) is 0 Å². The minimum absolute atomic E-state index is 0.322. The van der Waals surface area contributed by atoms with Crippen molar-refractivity contribution in [1.82, 2.24) is 0 Å². The first-order valence-electron chi connectivity index (χ1n) is 4.50. The van der Waals surface area contributed by atoms with Gasteiger partial charge in [0, 0.05) is 6.04 Å². The van der Waals surface area contributed by atoms with Gasteiger partial charge in [-0.15, -0.1) is 0 Å². The molecule has 0 aliphatic heterocycles. The molecule has 0 aromatic carbocycles. The molecular weight excluding hydrogens is 134 g/mol. The van der Waals surface area contributed by atoms with Crippen LogP contribution in [0.4, 0.5) is 0 Å². The molecule has 3 unspecified atom stereocenters. The smallest absolute Gasteiger partial charge is 0.0141 e. The zero-order valence-corrected chi connectivity index (χ0v) is 7.43. The summed E-state index contributed by atoms with van der Waals surface area (Å²) in [6.07, 6.45) is 2.60. The molecular formula is C10H17N. The third-order valence-corrected chi connectivity index (χ3v) is 3.92. The molecule has 0 spiro atoms. The highest BCUT2D eigenvalue weighted by Gasteiger charge is 2.53. The van der Waals surface area contributed by atoms with E-state index in [4.69, 9.17) is 5.73 Å². The lowest BCUT2D eigenvalue weighted by molar-refractivity contribution is 0.277. The maximum Gasteiger partial charge on any atom is 0.0141 e. The Morgan fingerprint density at radius 1 is 1.45 bits per heavy atom. The van der Waals surface area contributed by atoms with Crippen molar-refractivity contribution < 1.29 is 0 Å². The standard InChI is InChI=1S/C10H17N/c1-6-7-4-5-8(9(7)11)10(6,2)3/h7-9H,1,4-5,11H2,2-3H3. The first kappa shape index (κ1) is 7.35. The van der Waals surface area contributed by atoms with Crippen LogP contribution in [-0.2, 0) is 0 Å². The second-order valence-corrected chi connectivity index (χ2v) is 4.61. The minimum Gasteiger partial charge on any atom is -0.327 e. The van der Waals surface area contributed by atoms with Crippen LogP contribution in [0.3, 0.4) is 0 Å². The molecule has 62 valence electrons. The first-order chi connectivity index (χ1) is 5.05. The molecule has 2 N–H and O–H groups in total. The van der Waals surface area contributed by atoms with Crippen LogP contribution in [-0.4, -0.2) is 6.04 Å². The summed E-state index contributed by atoms with van der Waals surface area (Å²) in [5, 5.41) is 0. The third kappa shape index (κ3) is 0.698. The summed E-state index contributed by atoms with van der Waals surface area (Å²) in [6.45, 7) is 8.74. The maximum atomic E-state index is 6.09. The zero-order valence-electron chi connectivity index (χ0n) is 7.43. The van der Waals surface area contributed by atoms with Gasteiger partial charge in [0.2, 0.25) is 0 Å². The fraction of sp³-hybridized carbons (Fsp3) is 0.800. The minimum atomic E-state index is 0.322. The van der Waals surface area contributed by atoms with Gasteiger partial charge in [-0.3, -0.25) is 0 Å². The molecule has 2 aliphatic rings. The number of nitrogens with two attached hydrogens (primary N) is 1. The van der Waals surface area contributed by atoms with Gasteiger partial charge in [-0.25, -0.2) is 0 Å². The maximum absolute atomic E-state index is 6.09. The van der Waals surface area contributed by atoms with Gasteiger partial charge in [0.1, 0.15) is 0 Å². The molecule has 1 nitrogen and oxygen atoms in total. The average molecular weight is 151 g/mol. The van der Waals surface area contributed by atoms with Crippen LogP contribution < -0.4 is 5.73 Å². The van der Waals surface area contributed by atoms with Crippen LogP contribution in [0.2, 0.25) is 0 Å². The molecule has 1 heteroatoms. The van der Waals surface area contributed by atoms with E-state index in [2.05, 4.69) is 20.4 Å². The Bertz CT molecular complexity index is 205. The quantitative estimate of drug-likeness (QED) is 0.526. The predicted molar refractivity (Wildman–Crippen MR) is 47.1 cm³/mol. The Labute approximate surface area is 68.7 Å². The van der Waals surface area contributed by atoms with E-state index in [-0.39, 0.29) is 0 Å². The van der Waals surface area contributed by atoms with E-state index < -0.39 is 0 Å². The molecule has 2 saturated carbocycles. The highest BCUT2D eigenvalue weighted by Crippen LogP contribution is 2.57. The number of hydrogen-bond donors (Lipinski definition) is 1. The molecule has 0 heterocycles. The Morgan fingerprint density at radius 3 is 2.36 bits per heavy atom. The second kappa shape index (κ2) is 1.89. The van der Waals surface area contributed by atoms with Gasteiger partial charge in [-0.2, -0.15) is 0 Å². The van der Waals surface area contributed by atoms with E-state index in [9.17, 15) is 0 Å². The molecule has 3 atom stereocenters. The van der Waals surface area contributed by atoms with Gasteiger partial charge in [0.25, 0.3) is 0 Å². The molecule has 11 heavy (non-hydrogen) atoms. The highest BCUT2D eigenvalue weighted by atomic mass is 14.8. The van der Waals surface area contributed by atoms with Crippen molar-refractivity contribution in [3.63, 3.8) is 0 Å². The lowest BCUT2D eigenvalue weighted by Gasteiger charge is -2.31. The van der Waals surface area contributed by atoms with Crippen molar-refractivity contribution in [2.45, 2.75) is 32.7 Å². The summed E-state index contributed by atoms with van der Waals surface area (Å²) in [7, 11) is 0. The molecule has 0 radical (unpaired) electrons. The van der Waals surface area contributed by atoms with Crippen LogP contribution in [0, 0.1) is 17.3 Å². The van der Waals surface area contributed by atoms with E-state index in [0.29, 0.717) is 23.3 Å². The highest BCUT2D eigenvalue weighted by molar-refractivity contribution is 5.27. The van der Waals surface area contributed by atoms with Crippen molar-refractivity contribution in [3.05, 3.63) is 12.2 Å². The Morgan fingerprint density at radius 2 is 2.09 bits per heavy atom. The number of hydrogen-bond acceptors (Lipinski definition) is 1. The van der Waals surface area contributed by atoms with Crippen LogP contribution in [0.5, 0.6) is 0 Å². The monoisotopic (exact) mass is 151 g/mol. The van der Waals surface area contributed by atoms with Gasteiger partial charge in [-0.1, -0.05) is 26.0 Å². The summed E-state index contributed by atoms with van der Waals surface area (Å²) in [5.41, 5.74) is 7.82. The Balaban J connectivity index is 2.38. The first-order valence-corrected chi connectivity index (χ1v) is 4.50. The van der Waals surface area contributed by atoms with E-state index in [1.807, 2.05) is 0 Å². The van der Waals surface area contributed by atoms with Gasteiger partial charge < -0.3 is 5.73 Å². The second-order valence-electron chi connectivity index (χ2n) is 4.61. The summed E-state index contributed by atoms with van der Waals surface area (Å²) in [4.78, 5) is 0. The molecule has 2 bridgehead atoms. The van der Waals surface area contributed by atoms with Crippen LogP contribution in [0.25, 0.3) is 0 Å². The third-order valence-electron chi connectivity index (χ3n) is 3.92. The number of fused-ring (bicyclic) bond motifs is 2. The zero-order chi connectivity index (χ0) is 8.22. The average Bonchev–Trinajstić information content (AvgIpc) is 2.34. The summed E-state index contributed by atoms with van der Waals surface area (Å²) in [5.74, 6) is 1.34. The normalized spacial score (nSPS) is 46.8. The van der Waals surface area contributed by atoms with Gasteiger partial charge >= 0.3 is 0 Å². The van der Waals surface area contributed by atoms with Crippen LogP contribution >= 0.6 is 0 Å². The molecule has 0 aromatic rings. The van der Waals surface area contributed by atoms with Crippen LogP contribution in [0.15, 0.2) is 12.2 Å². The Hall–Kier alpha value is -0.300. The molecule has 2 fully saturated rings. The van der Waals surface area contributed by atoms with E-state index >= 15 is 0 Å². The predicted octanol–water partition coefficient (Wildman–Crippen LogP) is 1.94. The fourth-order valence-electron chi connectivity index (χ4n) is 2.99. The van der Waals surface area contributed by atoms with Crippen molar-refractivity contribution in [2.75, 3.05) is 0 Å². The summed E-state index contributed by atoms with van der Waals surface area (Å²) in [6, 6.07) is 0.414. The molecule has 0 aromatic heterocycles. The van der Waals surface area contributed by atoms with Gasteiger partial charge in [0.15, 0.2) is 0 Å². The van der Waals surface area contributed by atoms with Gasteiger partial charge in [0.05, 0.1) is 0 Å². The molecule has 0 saturated heterocycles. The fourth-order valence-corrected chi connectivity index (χ4v) is 2.99. The molecule has 0 amide bonds. The lowest BCUT2D eigenvalue weighted by atomic mass is 9.73. The number of rotatable bonds is 0.